The SMILES string of the molecule is CN1CCN(c2ccc(N)cc2CN(C)C/C=C/COCc2ccc(-c3ccn[nH]3)s2)CC1. The Morgan fingerprint density at radius 3 is 2.79 bits per heavy atom. The number of nitrogens with one attached hydrogen (secondary N) is 1. The maximum Gasteiger partial charge on any atom is 0.0813 e. The van der Waals surface area contributed by atoms with Crippen LogP contribution in [0.25, 0.3) is 10.6 Å². The first-order valence-corrected chi connectivity index (χ1v) is 12.2. The van der Waals surface area contributed by atoms with Crippen LogP contribution in [0.1, 0.15) is 10.4 Å². The highest BCUT2D eigenvalue weighted by molar-refractivity contribution is 7.15. The number of nitrogen functional groups attached to an aromatic ring is 1. The lowest BCUT2D eigenvalue weighted by molar-refractivity contribution is 0.151. The molecule has 1 fully saturated rings. The van der Waals surface area contributed by atoms with Crippen LogP contribution < -0.4 is 10.6 Å². The largest absolute Gasteiger partial charge is 0.399 e. The monoisotopic (exact) mass is 466 g/mol. The number of aromatic amines is 1. The average Bonchev–Trinajstić information content (AvgIpc) is 3.49. The molecule has 33 heavy (non-hydrogen) atoms. The number of ether oxygens (including phenoxy) is 1. The average molecular weight is 467 g/mol. The number of likely N-dealkylation sites (N-methyl/N-ethyl adjacent to an activating group) is 2. The summed E-state index contributed by atoms with van der Waals surface area (Å²) in [4.78, 5) is 9.56. The molecule has 4 rings (SSSR count). The summed E-state index contributed by atoms with van der Waals surface area (Å²) in [6, 6.07) is 12.5. The number of aromatic nitrogens is 2. The van der Waals surface area contributed by atoms with Crippen molar-refractivity contribution in [2.24, 2.45) is 0 Å². The van der Waals surface area contributed by atoms with Gasteiger partial charge in [0.05, 0.1) is 23.8 Å². The molecule has 1 aliphatic rings. The highest BCUT2D eigenvalue weighted by Crippen LogP contribution is 2.27. The number of nitrogens with zero attached hydrogens (tertiary/aromatic N) is 4. The Morgan fingerprint density at radius 1 is 1.15 bits per heavy atom. The number of piperazine rings is 1. The molecule has 3 N–H and O–H groups in total. The zero-order valence-corrected chi connectivity index (χ0v) is 20.4. The first-order chi connectivity index (χ1) is 16.1. The zero-order valence-electron chi connectivity index (χ0n) is 19.5. The fourth-order valence-corrected chi connectivity index (χ4v) is 4.91. The van der Waals surface area contributed by atoms with Crippen LogP contribution in [0.5, 0.6) is 0 Å². The molecule has 1 saturated heterocycles. The number of anilines is 2. The van der Waals surface area contributed by atoms with Crippen molar-refractivity contribution in [1.82, 2.24) is 20.0 Å². The van der Waals surface area contributed by atoms with Gasteiger partial charge >= 0.3 is 0 Å². The van der Waals surface area contributed by atoms with Crippen LogP contribution in [0.3, 0.4) is 0 Å². The Balaban J connectivity index is 1.22. The van der Waals surface area contributed by atoms with Crippen molar-refractivity contribution < 1.29 is 4.74 Å². The van der Waals surface area contributed by atoms with Crippen LogP contribution in [0, 0.1) is 0 Å². The number of hydrogen-bond acceptors (Lipinski definition) is 7. The predicted octanol–water partition coefficient (Wildman–Crippen LogP) is 3.68. The van der Waals surface area contributed by atoms with Crippen LogP contribution in [0.15, 0.2) is 54.7 Å². The van der Waals surface area contributed by atoms with E-state index in [9.17, 15) is 0 Å². The summed E-state index contributed by atoms with van der Waals surface area (Å²) in [5.41, 5.74) is 10.6. The van der Waals surface area contributed by atoms with Gasteiger partial charge in [0.25, 0.3) is 0 Å². The molecule has 0 bridgehead atoms. The quantitative estimate of drug-likeness (QED) is 0.270. The van der Waals surface area contributed by atoms with E-state index in [2.05, 4.69) is 75.4 Å². The van der Waals surface area contributed by atoms with Gasteiger partial charge in [-0.3, -0.25) is 10.00 Å². The number of thiophene rings is 1. The summed E-state index contributed by atoms with van der Waals surface area (Å²) in [5.74, 6) is 0. The second kappa shape index (κ2) is 11.5. The Hall–Kier alpha value is -2.65. The third-order valence-electron chi connectivity index (χ3n) is 5.86. The van der Waals surface area contributed by atoms with Crippen molar-refractivity contribution in [3.8, 4) is 10.6 Å². The van der Waals surface area contributed by atoms with Crippen molar-refractivity contribution in [3.63, 3.8) is 0 Å². The third-order valence-corrected chi connectivity index (χ3v) is 6.95. The third kappa shape index (κ3) is 6.68. The number of H-pyrrole nitrogens is 1. The Bertz CT molecular complexity index is 1020. The molecule has 0 spiro atoms. The van der Waals surface area contributed by atoms with Crippen LogP contribution in [0.4, 0.5) is 11.4 Å². The molecule has 0 aliphatic carbocycles. The summed E-state index contributed by atoms with van der Waals surface area (Å²) in [6.07, 6.45) is 6.04. The maximum atomic E-state index is 6.11. The molecular formula is C25H34N6OS. The van der Waals surface area contributed by atoms with E-state index >= 15 is 0 Å². The van der Waals surface area contributed by atoms with Gasteiger partial charge in [0.1, 0.15) is 0 Å². The highest BCUT2D eigenvalue weighted by Gasteiger charge is 2.17. The summed E-state index contributed by atoms with van der Waals surface area (Å²) in [5, 5.41) is 7.00. The Labute approximate surface area is 200 Å². The topological polar surface area (TPSA) is 73.7 Å². The van der Waals surface area contributed by atoms with Crippen molar-refractivity contribution in [3.05, 3.63) is 65.2 Å². The van der Waals surface area contributed by atoms with Gasteiger partial charge < -0.3 is 20.3 Å². The van der Waals surface area contributed by atoms with Crippen molar-refractivity contribution in [1.29, 1.82) is 0 Å². The number of nitrogens with two attached hydrogens (primary N) is 1. The fraction of sp³-hybridized carbons (Fsp3) is 0.400. The number of rotatable bonds is 10. The lowest BCUT2D eigenvalue weighted by Gasteiger charge is -2.35. The minimum Gasteiger partial charge on any atom is -0.399 e. The normalized spacial score (nSPS) is 15.2. The molecule has 0 unspecified atom stereocenters. The number of hydrogen-bond donors (Lipinski definition) is 2. The van der Waals surface area contributed by atoms with E-state index in [1.807, 2.05) is 12.1 Å². The van der Waals surface area contributed by atoms with E-state index in [0.717, 1.165) is 50.6 Å². The van der Waals surface area contributed by atoms with Gasteiger partial charge in [0.15, 0.2) is 0 Å². The smallest absolute Gasteiger partial charge is 0.0813 e. The van der Waals surface area contributed by atoms with Gasteiger partial charge in [-0.1, -0.05) is 12.2 Å². The molecule has 0 radical (unpaired) electrons. The van der Waals surface area contributed by atoms with Gasteiger partial charge in [-0.05, 0) is 56.1 Å². The molecule has 3 aromatic rings. The Kier molecular flexibility index (Phi) is 8.17. The standard InChI is InChI=1S/C25H34N6OS/c1-29-12-14-31(15-13-29)24-7-5-21(26)17-20(24)18-30(2)11-3-4-16-32-19-22-6-8-25(33-22)23-9-10-27-28-23/h3-10,17H,11-16,18-19,26H2,1-2H3,(H,27,28)/b4-3+. The molecular weight excluding hydrogens is 432 g/mol. The highest BCUT2D eigenvalue weighted by atomic mass is 32.1. The second-order valence-electron chi connectivity index (χ2n) is 8.60. The van der Waals surface area contributed by atoms with Crippen molar-refractivity contribution in [2.45, 2.75) is 13.2 Å². The molecule has 0 saturated carbocycles. The van der Waals surface area contributed by atoms with E-state index in [1.54, 1.807) is 17.5 Å². The van der Waals surface area contributed by atoms with E-state index in [-0.39, 0.29) is 0 Å². The van der Waals surface area contributed by atoms with Gasteiger partial charge in [-0.15, -0.1) is 11.3 Å². The van der Waals surface area contributed by atoms with Gasteiger partial charge in [0.2, 0.25) is 0 Å². The lowest BCUT2D eigenvalue weighted by Crippen LogP contribution is -2.45. The molecule has 176 valence electrons. The van der Waals surface area contributed by atoms with Crippen LogP contribution in [-0.4, -0.2) is 73.4 Å². The van der Waals surface area contributed by atoms with E-state index in [1.165, 1.54) is 21.0 Å². The summed E-state index contributed by atoms with van der Waals surface area (Å²) in [6.45, 7) is 7.26. The summed E-state index contributed by atoms with van der Waals surface area (Å²) < 4.78 is 5.83. The first-order valence-electron chi connectivity index (χ1n) is 11.4. The minimum atomic E-state index is 0.607. The molecule has 0 atom stereocenters. The Morgan fingerprint density at radius 2 is 2.00 bits per heavy atom. The number of benzene rings is 1. The molecule has 3 heterocycles. The van der Waals surface area contributed by atoms with Crippen LogP contribution in [0.2, 0.25) is 0 Å². The predicted molar refractivity (Wildman–Crippen MR) is 138 cm³/mol. The molecule has 0 amide bonds. The molecule has 1 aliphatic heterocycles. The molecule has 7 nitrogen and oxygen atoms in total. The van der Waals surface area contributed by atoms with Gasteiger partial charge in [0, 0.05) is 61.7 Å². The molecule has 2 aromatic heterocycles. The minimum absolute atomic E-state index is 0.607. The van der Waals surface area contributed by atoms with Crippen molar-refractivity contribution >= 4 is 22.7 Å². The lowest BCUT2D eigenvalue weighted by atomic mass is 10.1. The van der Waals surface area contributed by atoms with E-state index < -0.39 is 0 Å². The van der Waals surface area contributed by atoms with E-state index in [0.29, 0.717) is 13.2 Å². The summed E-state index contributed by atoms with van der Waals surface area (Å²) >= 11 is 1.73. The fourth-order valence-electron chi connectivity index (χ4n) is 3.99. The van der Waals surface area contributed by atoms with Crippen molar-refractivity contribution in [2.75, 3.05) is 64.1 Å². The van der Waals surface area contributed by atoms with Crippen LogP contribution in [-0.2, 0) is 17.9 Å². The summed E-state index contributed by atoms with van der Waals surface area (Å²) in [7, 11) is 4.33. The first kappa shape index (κ1) is 23.5. The maximum absolute atomic E-state index is 6.11. The molecule has 8 heteroatoms. The van der Waals surface area contributed by atoms with E-state index in [4.69, 9.17) is 10.5 Å². The van der Waals surface area contributed by atoms with Crippen LogP contribution >= 0.6 is 11.3 Å². The second-order valence-corrected chi connectivity index (χ2v) is 9.77. The molecule has 1 aromatic carbocycles. The van der Waals surface area contributed by atoms with Gasteiger partial charge in [-0.2, -0.15) is 5.10 Å². The zero-order chi connectivity index (χ0) is 23.0. The van der Waals surface area contributed by atoms with Gasteiger partial charge in [-0.25, -0.2) is 0 Å².